The third kappa shape index (κ3) is 5.24. The van der Waals surface area contributed by atoms with Gasteiger partial charge in [0.2, 0.25) is 5.91 Å². The second kappa shape index (κ2) is 10.0. The van der Waals surface area contributed by atoms with Crippen molar-refractivity contribution < 1.29 is 15.0 Å². The van der Waals surface area contributed by atoms with Crippen molar-refractivity contribution in [3.8, 4) is 0 Å². The Balaban J connectivity index is 1.49. The van der Waals surface area contributed by atoms with E-state index >= 15 is 0 Å². The number of piperidine rings is 1. The summed E-state index contributed by atoms with van der Waals surface area (Å²) in [6.07, 6.45) is 2.98. The first-order chi connectivity index (χ1) is 13.5. The van der Waals surface area contributed by atoms with Gasteiger partial charge < -0.3 is 24.6 Å². The molecule has 3 rings (SSSR count). The summed E-state index contributed by atoms with van der Waals surface area (Å²) in [5, 5.41) is 20.0. The number of carbonyl (C=O) groups is 1. The molecule has 0 radical (unpaired) electrons. The lowest BCUT2D eigenvalue weighted by atomic mass is 10.0. The largest absolute Gasteiger partial charge is 0.396 e. The molecule has 28 heavy (non-hydrogen) atoms. The number of piperazine rings is 1. The number of amides is 1. The zero-order valence-electron chi connectivity index (χ0n) is 16.6. The van der Waals surface area contributed by atoms with Crippen LogP contribution in [0.25, 0.3) is 0 Å². The highest BCUT2D eigenvalue weighted by atomic mass is 35.5. The van der Waals surface area contributed by atoms with Crippen molar-refractivity contribution in [3.63, 3.8) is 0 Å². The molecule has 158 valence electrons. The number of rotatable bonds is 7. The van der Waals surface area contributed by atoms with E-state index in [1.807, 2.05) is 4.90 Å². The van der Waals surface area contributed by atoms with Gasteiger partial charge in [0.05, 0.1) is 12.6 Å². The van der Waals surface area contributed by atoms with Gasteiger partial charge in [0.15, 0.2) is 0 Å². The maximum atomic E-state index is 12.7. The molecule has 2 saturated heterocycles. The summed E-state index contributed by atoms with van der Waals surface area (Å²) >= 11 is 6.11. The summed E-state index contributed by atoms with van der Waals surface area (Å²) in [5.41, 5.74) is 0. The van der Waals surface area contributed by atoms with Crippen molar-refractivity contribution in [2.75, 3.05) is 52.9 Å². The van der Waals surface area contributed by atoms with Crippen LogP contribution in [0.3, 0.4) is 0 Å². The number of aromatic nitrogens is 2. The predicted octanol–water partition coefficient (Wildman–Crippen LogP) is 0.581. The van der Waals surface area contributed by atoms with Crippen LogP contribution in [0, 0.1) is 0 Å². The van der Waals surface area contributed by atoms with Crippen molar-refractivity contribution in [1.29, 1.82) is 0 Å². The highest BCUT2D eigenvalue weighted by Crippen LogP contribution is 2.24. The summed E-state index contributed by atoms with van der Waals surface area (Å²) in [5.74, 6) is 0.344. The Hall–Kier alpha value is -1.19. The Morgan fingerprint density at radius 2 is 1.93 bits per heavy atom. The van der Waals surface area contributed by atoms with Crippen LogP contribution in [-0.4, -0.2) is 99.3 Å². The topological polar surface area (TPSA) is 85.1 Å². The van der Waals surface area contributed by atoms with Crippen LogP contribution < -0.4 is 0 Å². The summed E-state index contributed by atoms with van der Waals surface area (Å²) in [4.78, 5) is 23.6. The molecule has 2 fully saturated rings. The van der Waals surface area contributed by atoms with Gasteiger partial charge in [0, 0.05) is 58.5 Å². The SMILES string of the molecule is CN1CCN(C2CCN(C(=O)CC(O)c3ncc(Cl)n3CCCO)CC2)CC1. The summed E-state index contributed by atoms with van der Waals surface area (Å²) in [6, 6.07) is 0.555. The van der Waals surface area contributed by atoms with Crippen LogP contribution in [0.1, 0.15) is 37.6 Å². The Morgan fingerprint density at radius 3 is 2.57 bits per heavy atom. The maximum Gasteiger partial charge on any atom is 0.225 e. The van der Waals surface area contributed by atoms with Gasteiger partial charge >= 0.3 is 0 Å². The van der Waals surface area contributed by atoms with Gasteiger partial charge in [0.25, 0.3) is 0 Å². The molecule has 0 aliphatic carbocycles. The zero-order chi connectivity index (χ0) is 20.1. The van der Waals surface area contributed by atoms with E-state index in [-0.39, 0.29) is 18.9 Å². The van der Waals surface area contributed by atoms with Gasteiger partial charge in [-0.3, -0.25) is 9.69 Å². The number of carbonyl (C=O) groups excluding carboxylic acids is 1. The van der Waals surface area contributed by atoms with Gasteiger partial charge in [-0.2, -0.15) is 0 Å². The van der Waals surface area contributed by atoms with Crippen molar-refractivity contribution in [2.45, 2.75) is 44.4 Å². The monoisotopic (exact) mass is 413 g/mol. The minimum absolute atomic E-state index is 0.00560. The predicted molar refractivity (Wildman–Crippen MR) is 107 cm³/mol. The number of likely N-dealkylation sites (N-methyl/N-ethyl adjacent to an activating group) is 1. The number of hydrogen-bond donors (Lipinski definition) is 2. The molecular formula is C19H32ClN5O3. The lowest BCUT2D eigenvalue weighted by Crippen LogP contribution is -2.53. The lowest BCUT2D eigenvalue weighted by Gasteiger charge is -2.42. The molecule has 1 aromatic heterocycles. The number of halogens is 1. The Labute approximate surface area is 171 Å². The minimum atomic E-state index is -0.992. The standard InChI is InChI=1S/C19H32ClN5O3/c1-22-8-10-23(11-9-22)15-3-6-24(7-4-15)18(28)13-16(27)19-21-14-17(20)25(19)5-2-12-26/h14-16,26-27H,2-13H2,1H3. The van der Waals surface area contributed by atoms with Crippen molar-refractivity contribution in [1.82, 2.24) is 24.3 Å². The molecule has 0 saturated carbocycles. The van der Waals surface area contributed by atoms with E-state index in [0.717, 1.165) is 52.1 Å². The number of nitrogens with zero attached hydrogens (tertiary/aromatic N) is 5. The molecule has 1 atom stereocenters. The van der Waals surface area contributed by atoms with Gasteiger partial charge in [-0.05, 0) is 26.3 Å². The van der Waals surface area contributed by atoms with Crippen LogP contribution in [-0.2, 0) is 11.3 Å². The van der Waals surface area contributed by atoms with E-state index in [1.165, 1.54) is 6.20 Å². The summed E-state index contributed by atoms with van der Waals surface area (Å²) in [7, 11) is 2.16. The highest BCUT2D eigenvalue weighted by molar-refractivity contribution is 6.29. The highest BCUT2D eigenvalue weighted by Gasteiger charge is 2.30. The van der Waals surface area contributed by atoms with Gasteiger partial charge in [-0.25, -0.2) is 4.98 Å². The molecule has 8 nitrogen and oxygen atoms in total. The van der Waals surface area contributed by atoms with Gasteiger partial charge in [-0.1, -0.05) is 11.6 Å². The first kappa shape index (κ1) is 21.5. The summed E-state index contributed by atoms with van der Waals surface area (Å²) < 4.78 is 1.66. The molecule has 0 bridgehead atoms. The fraction of sp³-hybridized carbons (Fsp3) is 0.789. The van der Waals surface area contributed by atoms with Crippen molar-refractivity contribution in [3.05, 3.63) is 17.2 Å². The second-order valence-electron chi connectivity index (χ2n) is 7.84. The molecule has 3 heterocycles. The second-order valence-corrected chi connectivity index (χ2v) is 8.23. The van der Waals surface area contributed by atoms with Crippen LogP contribution >= 0.6 is 11.6 Å². The Kier molecular flexibility index (Phi) is 7.70. The number of likely N-dealkylation sites (tertiary alicyclic amines) is 1. The number of aliphatic hydroxyl groups is 2. The van der Waals surface area contributed by atoms with Gasteiger partial charge in [0.1, 0.15) is 17.1 Å². The van der Waals surface area contributed by atoms with Crippen molar-refractivity contribution >= 4 is 17.5 Å². The van der Waals surface area contributed by atoms with E-state index in [4.69, 9.17) is 16.7 Å². The Bertz CT molecular complexity index is 640. The first-order valence-electron chi connectivity index (χ1n) is 10.2. The molecule has 2 N–H and O–H groups in total. The first-order valence-corrected chi connectivity index (χ1v) is 10.6. The smallest absolute Gasteiger partial charge is 0.225 e. The molecule has 9 heteroatoms. The normalized spacial score (nSPS) is 21.2. The maximum absolute atomic E-state index is 12.7. The molecular weight excluding hydrogens is 382 g/mol. The average Bonchev–Trinajstić information content (AvgIpc) is 3.07. The van der Waals surface area contributed by atoms with E-state index in [2.05, 4.69) is 21.8 Å². The fourth-order valence-corrected chi connectivity index (χ4v) is 4.36. The molecule has 1 unspecified atom stereocenters. The molecule has 0 aromatic carbocycles. The van der Waals surface area contributed by atoms with E-state index in [9.17, 15) is 9.90 Å². The summed E-state index contributed by atoms with van der Waals surface area (Å²) in [6.45, 7) is 6.39. The Morgan fingerprint density at radius 1 is 1.25 bits per heavy atom. The average molecular weight is 414 g/mol. The molecule has 1 amide bonds. The molecule has 1 aromatic rings. The van der Waals surface area contributed by atoms with E-state index in [1.54, 1.807) is 4.57 Å². The number of imidazole rings is 1. The molecule has 2 aliphatic rings. The third-order valence-electron chi connectivity index (χ3n) is 5.92. The lowest BCUT2D eigenvalue weighted by molar-refractivity contribution is -0.135. The van der Waals surface area contributed by atoms with E-state index in [0.29, 0.717) is 30.0 Å². The molecule has 2 aliphatic heterocycles. The fourth-order valence-electron chi connectivity index (χ4n) is 4.14. The van der Waals surface area contributed by atoms with Gasteiger partial charge in [-0.15, -0.1) is 0 Å². The molecule has 0 spiro atoms. The minimum Gasteiger partial charge on any atom is -0.396 e. The van der Waals surface area contributed by atoms with Crippen LogP contribution in [0.2, 0.25) is 5.15 Å². The van der Waals surface area contributed by atoms with Crippen LogP contribution in [0.15, 0.2) is 6.20 Å². The van der Waals surface area contributed by atoms with Crippen LogP contribution in [0.4, 0.5) is 0 Å². The van der Waals surface area contributed by atoms with Crippen molar-refractivity contribution in [2.24, 2.45) is 0 Å². The number of aliphatic hydroxyl groups excluding tert-OH is 2. The number of hydrogen-bond acceptors (Lipinski definition) is 6. The zero-order valence-corrected chi connectivity index (χ0v) is 17.4. The quantitative estimate of drug-likeness (QED) is 0.680. The van der Waals surface area contributed by atoms with E-state index < -0.39 is 6.10 Å². The van der Waals surface area contributed by atoms with Crippen LogP contribution in [0.5, 0.6) is 0 Å². The third-order valence-corrected chi connectivity index (χ3v) is 6.22.